The molecule has 3 aromatic rings. The van der Waals surface area contributed by atoms with Crippen molar-refractivity contribution in [3.63, 3.8) is 0 Å². The molecular formula is C28H30ClN5O2. The van der Waals surface area contributed by atoms with Crippen LogP contribution >= 0.6 is 11.6 Å². The van der Waals surface area contributed by atoms with Crippen molar-refractivity contribution in [2.75, 3.05) is 42.1 Å². The van der Waals surface area contributed by atoms with Crippen LogP contribution in [0.15, 0.2) is 60.7 Å². The number of piperidine rings is 1. The molecule has 0 atom stereocenters. The van der Waals surface area contributed by atoms with Crippen LogP contribution in [0.2, 0.25) is 5.02 Å². The highest BCUT2D eigenvalue weighted by Gasteiger charge is 2.26. The van der Waals surface area contributed by atoms with Crippen LogP contribution in [0, 0.1) is 0 Å². The van der Waals surface area contributed by atoms with Gasteiger partial charge in [0.2, 0.25) is 0 Å². The van der Waals surface area contributed by atoms with Gasteiger partial charge in [-0.05, 0) is 74.5 Å². The van der Waals surface area contributed by atoms with Gasteiger partial charge >= 0.3 is 0 Å². The van der Waals surface area contributed by atoms with Crippen LogP contribution in [0.3, 0.4) is 0 Å². The molecular weight excluding hydrogens is 474 g/mol. The minimum Gasteiger partial charge on any atom is -0.384 e. The van der Waals surface area contributed by atoms with Crippen molar-refractivity contribution in [3.05, 3.63) is 82.4 Å². The van der Waals surface area contributed by atoms with Gasteiger partial charge in [0, 0.05) is 42.1 Å². The quantitative estimate of drug-likeness (QED) is 0.327. The van der Waals surface area contributed by atoms with Gasteiger partial charge in [0.1, 0.15) is 0 Å². The zero-order valence-corrected chi connectivity index (χ0v) is 20.8. The third kappa shape index (κ3) is 5.48. The van der Waals surface area contributed by atoms with E-state index in [0.717, 1.165) is 35.7 Å². The zero-order chi connectivity index (χ0) is 24.9. The van der Waals surface area contributed by atoms with Crippen molar-refractivity contribution < 1.29 is 9.59 Å². The van der Waals surface area contributed by atoms with Gasteiger partial charge in [-0.1, -0.05) is 30.2 Å². The number of para-hydroxylation sites is 1. The molecule has 1 saturated heterocycles. The van der Waals surface area contributed by atoms with E-state index in [2.05, 4.69) is 26.2 Å². The summed E-state index contributed by atoms with van der Waals surface area (Å²) in [6.07, 6.45) is 3.91. The second kappa shape index (κ2) is 11.0. The van der Waals surface area contributed by atoms with Gasteiger partial charge in [-0.15, -0.1) is 0 Å². The molecule has 0 unspecified atom stereocenters. The third-order valence-corrected chi connectivity index (χ3v) is 7.04. The average molecular weight is 504 g/mol. The van der Waals surface area contributed by atoms with Crippen molar-refractivity contribution in [1.82, 2.24) is 10.2 Å². The molecule has 7 nitrogen and oxygen atoms in total. The lowest BCUT2D eigenvalue weighted by Gasteiger charge is -2.26. The van der Waals surface area contributed by atoms with Gasteiger partial charge in [0.25, 0.3) is 11.8 Å². The van der Waals surface area contributed by atoms with Crippen LogP contribution in [-0.4, -0.2) is 42.9 Å². The first kappa shape index (κ1) is 24.2. The molecule has 8 heteroatoms. The lowest BCUT2D eigenvalue weighted by Crippen LogP contribution is -2.33. The molecule has 0 saturated carbocycles. The predicted molar refractivity (Wildman–Crippen MR) is 146 cm³/mol. The Morgan fingerprint density at radius 1 is 0.917 bits per heavy atom. The molecule has 36 heavy (non-hydrogen) atoms. The number of carbonyl (C=O) groups is 2. The van der Waals surface area contributed by atoms with Crippen molar-refractivity contribution in [1.29, 1.82) is 0 Å². The summed E-state index contributed by atoms with van der Waals surface area (Å²) in [4.78, 5) is 28.1. The monoisotopic (exact) mass is 503 g/mol. The first-order chi connectivity index (χ1) is 17.6. The number of fused-ring (bicyclic) bond motifs is 1. The van der Waals surface area contributed by atoms with E-state index in [1.54, 1.807) is 24.3 Å². The SMILES string of the molecule is O=C(Nc1ccc(Nc2ccccc2Cl)c2c1C(=O)NC2)c1ccc(NCCN2CCCCC2)cc1. The molecule has 2 amide bonds. The molecule has 0 radical (unpaired) electrons. The molecule has 5 rings (SSSR count). The molecule has 0 spiro atoms. The zero-order valence-electron chi connectivity index (χ0n) is 20.1. The number of nitrogens with zero attached hydrogens (tertiary/aromatic N) is 1. The Labute approximate surface area is 216 Å². The van der Waals surface area contributed by atoms with Crippen LogP contribution in [0.25, 0.3) is 0 Å². The Morgan fingerprint density at radius 3 is 2.44 bits per heavy atom. The van der Waals surface area contributed by atoms with Crippen LogP contribution in [0.5, 0.6) is 0 Å². The van der Waals surface area contributed by atoms with Crippen molar-refractivity contribution in [2.24, 2.45) is 0 Å². The number of likely N-dealkylation sites (tertiary alicyclic amines) is 1. The minimum absolute atomic E-state index is 0.212. The summed E-state index contributed by atoms with van der Waals surface area (Å²) >= 11 is 6.29. The summed E-state index contributed by atoms with van der Waals surface area (Å²) in [6, 6.07) is 18.5. The van der Waals surface area contributed by atoms with E-state index >= 15 is 0 Å². The molecule has 2 heterocycles. The normalized spacial score (nSPS) is 15.2. The smallest absolute Gasteiger partial charge is 0.255 e. The van der Waals surface area contributed by atoms with Gasteiger partial charge in [0.05, 0.1) is 22.0 Å². The van der Waals surface area contributed by atoms with Gasteiger partial charge < -0.3 is 26.2 Å². The largest absolute Gasteiger partial charge is 0.384 e. The Balaban J connectivity index is 1.24. The fraction of sp³-hybridized carbons (Fsp3) is 0.286. The number of nitrogens with one attached hydrogen (secondary N) is 4. The van der Waals surface area contributed by atoms with Gasteiger partial charge in [0.15, 0.2) is 0 Å². The number of hydrogen-bond acceptors (Lipinski definition) is 5. The number of rotatable bonds is 8. The number of anilines is 4. The van der Waals surface area contributed by atoms with Gasteiger partial charge in [-0.3, -0.25) is 9.59 Å². The molecule has 3 aromatic carbocycles. The van der Waals surface area contributed by atoms with E-state index in [4.69, 9.17) is 11.6 Å². The lowest BCUT2D eigenvalue weighted by atomic mass is 10.0. The number of halogens is 1. The van der Waals surface area contributed by atoms with Gasteiger partial charge in [-0.2, -0.15) is 0 Å². The molecule has 4 N–H and O–H groups in total. The lowest BCUT2D eigenvalue weighted by molar-refractivity contribution is 0.0966. The van der Waals surface area contributed by atoms with Crippen molar-refractivity contribution >= 4 is 46.2 Å². The molecule has 1 fully saturated rings. The fourth-order valence-corrected chi connectivity index (χ4v) is 4.94. The summed E-state index contributed by atoms with van der Waals surface area (Å²) in [5.41, 5.74) is 4.79. The Morgan fingerprint density at radius 2 is 1.67 bits per heavy atom. The van der Waals surface area contributed by atoms with E-state index in [9.17, 15) is 9.59 Å². The number of amides is 2. The summed E-state index contributed by atoms with van der Waals surface area (Å²) in [5, 5.41) is 13.1. The van der Waals surface area contributed by atoms with E-state index in [0.29, 0.717) is 28.4 Å². The first-order valence-corrected chi connectivity index (χ1v) is 12.8. The first-order valence-electron chi connectivity index (χ1n) is 12.4. The summed E-state index contributed by atoms with van der Waals surface area (Å²) in [5.74, 6) is -0.472. The highest BCUT2D eigenvalue weighted by Crippen LogP contribution is 2.34. The molecule has 2 aliphatic heterocycles. The Hall–Kier alpha value is -3.55. The van der Waals surface area contributed by atoms with Crippen molar-refractivity contribution in [3.8, 4) is 0 Å². The molecule has 0 aliphatic carbocycles. The second-order valence-corrected chi connectivity index (χ2v) is 9.57. The van der Waals surface area contributed by atoms with Gasteiger partial charge in [-0.25, -0.2) is 0 Å². The number of benzene rings is 3. The van der Waals surface area contributed by atoms with Crippen LogP contribution in [0.1, 0.15) is 45.5 Å². The van der Waals surface area contributed by atoms with E-state index in [1.807, 2.05) is 36.4 Å². The predicted octanol–water partition coefficient (Wildman–Crippen LogP) is 5.48. The molecule has 2 aliphatic rings. The maximum Gasteiger partial charge on any atom is 0.255 e. The minimum atomic E-state index is -0.261. The summed E-state index contributed by atoms with van der Waals surface area (Å²) in [6.45, 7) is 4.64. The highest BCUT2D eigenvalue weighted by atomic mass is 35.5. The standard InChI is InChI=1S/C28H30ClN5O2/c29-22-6-2-3-7-24(22)32-23-12-13-25(26-21(23)18-31-28(26)36)33-27(35)19-8-10-20(11-9-19)30-14-17-34-15-4-1-5-16-34/h2-3,6-13,30,32H,1,4-5,14-18H2,(H,31,36)(H,33,35). The average Bonchev–Trinajstić information content (AvgIpc) is 3.30. The Kier molecular flexibility index (Phi) is 7.39. The van der Waals surface area contributed by atoms with Crippen molar-refractivity contribution in [2.45, 2.75) is 25.8 Å². The topological polar surface area (TPSA) is 85.5 Å². The summed E-state index contributed by atoms with van der Waals surface area (Å²) < 4.78 is 0. The summed E-state index contributed by atoms with van der Waals surface area (Å²) in [7, 11) is 0. The number of carbonyl (C=O) groups excluding carboxylic acids is 2. The van der Waals surface area contributed by atoms with E-state index in [-0.39, 0.29) is 11.8 Å². The second-order valence-electron chi connectivity index (χ2n) is 9.16. The van der Waals surface area contributed by atoms with Crippen LogP contribution < -0.4 is 21.3 Å². The Bertz CT molecular complexity index is 1260. The maximum atomic E-state index is 13.0. The number of hydrogen-bond donors (Lipinski definition) is 4. The maximum absolute atomic E-state index is 13.0. The molecule has 186 valence electrons. The van der Waals surface area contributed by atoms with Crippen LogP contribution in [-0.2, 0) is 6.54 Å². The highest BCUT2D eigenvalue weighted by molar-refractivity contribution is 6.33. The molecule has 0 aromatic heterocycles. The molecule has 0 bridgehead atoms. The van der Waals surface area contributed by atoms with E-state index in [1.165, 1.54) is 32.4 Å². The van der Waals surface area contributed by atoms with Crippen LogP contribution in [0.4, 0.5) is 22.7 Å². The van der Waals surface area contributed by atoms with E-state index < -0.39 is 0 Å². The third-order valence-electron chi connectivity index (χ3n) is 6.71. The fourth-order valence-electron chi connectivity index (χ4n) is 4.75.